The lowest BCUT2D eigenvalue weighted by molar-refractivity contribution is 0.0695. The van der Waals surface area contributed by atoms with Gasteiger partial charge in [0, 0.05) is 37.8 Å². The van der Waals surface area contributed by atoms with E-state index < -0.39 is 5.97 Å². The van der Waals surface area contributed by atoms with Gasteiger partial charge in [-0.05, 0) is 48.4 Å². The summed E-state index contributed by atoms with van der Waals surface area (Å²) in [4.78, 5) is 18.2. The van der Waals surface area contributed by atoms with Crippen LogP contribution in [0.5, 0.6) is 0 Å². The Kier molecular flexibility index (Phi) is 4.36. The topological polar surface area (TPSA) is 71.2 Å². The van der Waals surface area contributed by atoms with Crippen LogP contribution in [0.3, 0.4) is 0 Å². The summed E-state index contributed by atoms with van der Waals surface area (Å²) in [5.74, 6) is -0.929. The van der Waals surface area contributed by atoms with E-state index >= 15 is 0 Å². The van der Waals surface area contributed by atoms with E-state index in [4.69, 9.17) is 5.10 Å². The van der Waals surface area contributed by atoms with Crippen LogP contribution in [0.25, 0.3) is 22.6 Å². The van der Waals surface area contributed by atoms with Gasteiger partial charge in [-0.3, -0.25) is 9.67 Å². The van der Waals surface area contributed by atoms with Crippen LogP contribution >= 0.6 is 0 Å². The van der Waals surface area contributed by atoms with Crippen molar-refractivity contribution in [3.8, 4) is 0 Å². The Labute approximate surface area is 180 Å². The summed E-state index contributed by atoms with van der Waals surface area (Å²) in [5, 5.41) is 15.4. The maximum Gasteiger partial charge on any atom is 0.336 e. The second-order valence-corrected chi connectivity index (χ2v) is 7.91. The summed E-state index contributed by atoms with van der Waals surface area (Å²) in [6.45, 7) is 2.08. The van der Waals surface area contributed by atoms with Gasteiger partial charge in [-0.2, -0.15) is 5.10 Å². The minimum atomic E-state index is -0.929. The lowest BCUT2D eigenvalue weighted by atomic mass is 10.0. The molecule has 1 aliphatic carbocycles. The lowest BCUT2D eigenvalue weighted by Crippen LogP contribution is -2.10. The number of fused-ring (bicyclic) bond motifs is 2. The molecule has 31 heavy (non-hydrogen) atoms. The number of pyridine rings is 1. The van der Waals surface area contributed by atoms with Gasteiger partial charge in [0.05, 0.1) is 28.2 Å². The van der Waals surface area contributed by atoms with Crippen LogP contribution in [0, 0.1) is 6.92 Å². The molecule has 1 aliphatic rings. The van der Waals surface area contributed by atoms with Gasteiger partial charge in [0.15, 0.2) is 0 Å². The fourth-order valence-electron chi connectivity index (χ4n) is 4.31. The molecule has 0 spiro atoms. The maximum atomic E-state index is 11.6. The van der Waals surface area contributed by atoms with Crippen LogP contribution in [0.2, 0.25) is 0 Å². The number of aryl methyl sites for hydroxylation is 2. The van der Waals surface area contributed by atoms with E-state index in [9.17, 15) is 9.90 Å². The first-order chi connectivity index (χ1) is 14.9. The van der Waals surface area contributed by atoms with Crippen molar-refractivity contribution in [2.24, 2.45) is 7.05 Å². The molecule has 0 amide bonds. The molecule has 0 unspecified atom stereocenters. The summed E-state index contributed by atoms with van der Waals surface area (Å²) in [6.07, 6.45) is 4.02. The molecule has 2 aromatic carbocycles. The Balaban J connectivity index is 1.60. The molecule has 0 saturated carbocycles. The van der Waals surface area contributed by atoms with E-state index in [0.29, 0.717) is 17.7 Å². The van der Waals surface area contributed by atoms with Crippen LogP contribution in [-0.2, 0) is 13.5 Å². The monoisotopic (exact) mass is 410 g/mol. The molecule has 2 aromatic heterocycles. The van der Waals surface area contributed by atoms with Crippen molar-refractivity contribution in [1.29, 1.82) is 0 Å². The van der Waals surface area contributed by atoms with Gasteiger partial charge < -0.3 is 10.0 Å². The van der Waals surface area contributed by atoms with Gasteiger partial charge in [0.25, 0.3) is 0 Å². The molecule has 6 nitrogen and oxygen atoms in total. The highest BCUT2D eigenvalue weighted by Gasteiger charge is 2.25. The lowest BCUT2D eigenvalue weighted by Gasteiger charge is -2.21. The molecule has 1 N–H and O–H groups in total. The van der Waals surface area contributed by atoms with Crippen molar-refractivity contribution in [2.45, 2.75) is 13.3 Å². The molecular weight excluding hydrogens is 388 g/mol. The van der Waals surface area contributed by atoms with Gasteiger partial charge in [0.2, 0.25) is 0 Å². The largest absolute Gasteiger partial charge is 0.478 e. The Morgan fingerprint density at radius 1 is 1.13 bits per heavy atom. The predicted molar refractivity (Wildman–Crippen MR) is 123 cm³/mol. The van der Waals surface area contributed by atoms with E-state index in [2.05, 4.69) is 60.3 Å². The van der Waals surface area contributed by atoms with Gasteiger partial charge in [-0.25, -0.2) is 4.79 Å². The smallest absolute Gasteiger partial charge is 0.336 e. The van der Waals surface area contributed by atoms with Crippen LogP contribution in [0.15, 0.2) is 54.7 Å². The summed E-state index contributed by atoms with van der Waals surface area (Å²) in [5.41, 5.74) is 8.02. The third kappa shape index (κ3) is 3.08. The first-order valence-electron chi connectivity index (χ1n) is 10.1. The number of rotatable bonds is 4. The quantitative estimate of drug-likeness (QED) is 0.521. The number of para-hydroxylation sites is 1. The maximum absolute atomic E-state index is 11.6. The molecule has 4 aromatic rings. The Bertz CT molecular complexity index is 1370. The van der Waals surface area contributed by atoms with Crippen LogP contribution in [-0.4, -0.2) is 32.9 Å². The minimum Gasteiger partial charge on any atom is -0.478 e. The standard InChI is InChI=1S/C25H22N4O2/c1-15-7-9-17(10-8-15)28(2)22-6-4-5-19-23(27-29(3)24(19)22)16-13-20-18(25(30)31)11-12-26-21(20)14-16/h4-12,14H,13H2,1-3H3,(H,30,31). The number of hydrogen-bond donors (Lipinski definition) is 1. The summed E-state index contributed by atoms with van der Waals surface area (Å²) < 4.78 is 1.90. The average molecular weight is 410 g/mol. The van der Waals surface area contributed by atoms with Crippen molar-refractivity contribution in [1.82, 2.24) is 14.8 Å². The summed E-state index contributed by atoms with van der Waals surface area (Å²) in [6, 6.07) is 16.2. The zero-order valence-corrected chi connectivity index (χ0v) is 17.6. The molecule has 0 bridgehead atoms. The average Bonchev–Trinajstić information content (AvgIpc) is 3.34. The predicted octanol–water partition coefficient (Wildman–Crippen LogP) is 4.84. The van der Waals surface area contributed by atoms with E-state index in [1.54, 1.807) is 12.3 Å². The van der Waals surface area contributed by atoms with Gasteiger partial charge >= 0.3 is 5.97 Å². The number of aromatic carboxylic acids is 1. The molecule has 0 aliphatic heterocycles. The van der Waals surface area contributed by atoms with Crippen molar-refractivity contribution in [3.05, 3.63) is 82.8 Å². The van der Waals surface area contributed by atoms with Crippen molar-refractivity contribution < 1.29 is 9.90 Å². The Hall–Kier alpha value is -3.93. The number of aromatic nitrogens is 3. The molecule has 0 saturated heterocycles. The highest BCUT2D eigenvalue weighted by Crippen LogP contribution is 2.38. The molecule has 2 heterocycles. The zero-order chi connectivity index (χ0) is 21.7. The number of anilines is 2. The number of hydrogen-bond acceptors (Lipinski definition) is 4. The number of allylic oxidation sites excluding steroid dienone is 1. The molecule has 0 fully saturated rings. The van der Waals surface area contributed by atoms with Gasteiger partial charge in [0.1, 0.15) is 0 Å². The third-order valence-electron chi connectivity index (χ3n) is 5.93. The molecule has 154 valence electrons. The van der Waals surface area contributed by atoms with Crippen molar-refractivity contribution in [2.75, 3.05) is 11.9 Å². The van der Waals surface area contributed by atoms with E-state index in [-0.39, 0.29) is 0 Å². The summed E-state index contributed by atoms with van der Waals surface area (Å²) in [7, 11) is 4.00. The Morgan fingerprint density at radius 2 is 1.90 bits per heavy atom. The highest BCUT2D eigenvalue weighted by atomic mass is 16.4. The molecule has 5 rings (SSSR count). The fraction of sp³-hybridized carbons (Fsp3) is 0.160. The molecule has 6 heteroatoms. The van der Waals surface area contributed by atoms with E-state index in [0.717, 1.165) is 39.1 Å². The van der Waals surface area contributed by atoms with Gasteiger partial charge in [-0.15, -0.1) is 0 Å². The SMILES string of the molecule is Cc1ccc(N(C)c2cccc3c(C4=Cc5nccc(C(=O)O)c5C4)nn(C)c23)cc1. The molecule has 0 atom stereocenters. The summed E-state index contributed by atoms with van der Waals surface area (Å²) >= 11 is 0. The van der Waals surface area contributed by atoms with Crippen LogP contribution < -0.4 is 4.90 Å². The number of carboxylic acid groups (broad SMARTS) is 1. The Morgan fingerprint density at radius 3 is 2.65 bits per heavy atom. The van der Waals surface area contributed by atoms with Crippen LogP contribution in [0.4, 0.5) is 11.4 Å². The fourth-order valence-corrected chi connectivity index (χ4v) is 4.31. The van der Waals surface area contributed by atoms with E-state index in [1.165, 1.54) is 5.56 Å². The molecular formula is C25H22N4O2. The van der Waals surface area contributed by atoms with E-state index in [1.807, 2.05) is 23.9 Å². The molecule has 0 radical (unpaired) electrons. The van der Waals surface area contributed by atoms with Crippen LogP contribution in [0.1, 0.15) is 32.9 Å². The normalized spacial score (nSPS) is 12.7. The number of carbonyl (C=O) groups is 1. The second-order valence-electron chi connectivity index (χ2n) is 7.91. The van der Waals surface area contributed by atoms with Crippen molar-refractivity contribution in [3.63, 3.8) is 0 Å². The first kappa shape index (κ1) is 19.1. The van der Waals surface area contributed by atoms with Crippen molar-refractivity contribution >= 4 is 39.9 Å². The minimum absolute atomic E-state index is 0.302. The highest BCUT2D eigenvalue weighted by molar-refractivity contribution is 6.04. The first-order valence-corrected chi connectivity index (χ1v) is 10.1. The number of carboxylic acids is 1. The number of nitrogens with zero attached hydrogens (tertiary/aromatic N) is 4. The van der Waals surface area contributed by atoms with Gasteiger partial charge in [-0.1, -0.05) is 29.8 Å². The third-order valence-corrected chi connectivity index (χ3v) is 5.93. The zero-order valence-electron chi connectivity index (χ0n) is 17.6. The number of benzene rings is 2. The second kappa shape index (κ2) is 7.09.